The van der Waals surface area contributed by atoms with Gasteiger partial charge in [0.15, 0.2) is 5.78 Å². The Labute approximate surface area is 142 Å². The van der Waals surface area contributed by atoms with Crippen LogP contribution in [0.1, 0.15) is 9.75 Å². The predicted octanol–water partition coefficient (Wildman–Crippen LogP) is 4.18. The van der Waals surface area contributed by atoms with Gasteiger partial charge in [-0.2, -0.15) is 0 Å². The topological polar surface area (TPSA) is 35.5 Å². The lowest BCUT2D eigenvalue weighted by atomic mass is 9.93. The number of methoxy groups -OCH3 is 2. The highest BCUT2D eigenvalue weighted by Crippen LogP contribution is 2.44. The number of thiophene rings is 2. The molecule has 0 unspecified atom stereocenters. The van der Waals surface area contributed by atoms with Gasteiger partial charge in [-0.15, -0.1) is 34.4 Å². The van der Waals surface area contributed by atoms with E-state index in [9.17, 15) is 4.79 Å². The number of rotatable bonds is 6. The van der Waals surface area contributed by atoms with E-state index in [-0.39, 0.29) is 5.78 Å². The molecule has 0 aromatic carbocycles. The van der Waals surface area contributed by atoms with Gasteiger partial charge < -0.3 is 9.47 Å². The van der Waals surface area contributed by atoms with Crippen molar-refractivity contribution in [2.45, 2.75) is 17.6 Å². The zero-order valence-electron chi connectivity index (χ0n) is 12.3. The Morgan fingerprint density at radius 2 is 1.55 bits per heavy atom. The largest absolute Gasteiger partial charge is 0.496 e. The maximum atomic E-state index is 12.6. The van der Waals surface area contributed by atoms with Crippen molar-refractivity contribution in [3.8, 4) is 11.5 Å². The SMILES string of the molecule is COc1ccsc1CC1(Cc2sccc2OC)SC=CC1=O. The lowest BCUT2D eigenvalue weighted by molar-refractivity contribution is -0.116. The molecule has 0 aliphatic carbocycles. The summed E-state index contributed by atoms with van der Waals surface area (Å²) in [4.78, 5) is 14.8. The highest BCUT2D eigenvalue weighted by molar-refractivity contribution is 8.04. The van der Waals surface area contributed by atoms with Crippen molar-refractivity contribution in [2.75, 3.05) is 14.2 Å². The fourth-order valence-electron chi connectivity index (χ4n) is 2.55. The molecule has 3 rings (SSSR count). The van der Waals surface area contributed by atoms with Gasteiger partial charge in [0.2, 0.25) is 0 Å². The molecule has 0 N–H and O–H groups in total. The van der Waals surface area contributed by atoms with Gasteiger partial charge in [0, 0.05) is 22.6 Å². The van der Waals surface area contributed by atoms with Crippen LogP contribution < -0.4 is 9.47 Å². The fourth-order valence-corrected chi connectivity index (χ4v) is 5.73. The number of carbonyl (C=O) groups is 1. The van der Waals surface area contributed by atoms with Crippen molar-refractivity contribution in [1.82, 2.24) is 0 Å². The second-order valence-electron chi connectivity index (χ2n) is 4.96. The maximum Gasteiger partial charge on any atom is 0.173 e. The first-order valence-corrected chi connectivity index (χ1v) is 9.42. The normalized spacial score (nSPS) is 16.2. The zero-order chi connectivity index (χ0) is 15.6. The molecule has 0 bridgehead atoms. The number of thioether (sulfide) groups is 1. The molecule has 2 aromatic heterocycles. The van der Waals surface area contributed by atoms with Crippen LogP contribution in [0.25, 0.3) is 0 Å². The van der Waals surface area contributed by atoms with E-state index < -0.39 is 4.75 Å². The van der Waals surface area contributed by atoms with Gasteiger partial charge in [-0.05, 0) is 34.4 Å². The summed E-state index contributed by atoms with van der Waals surface area (Å²) in [6.07, 6.45) is 3.03. The van der Waals surface area contributed by atoms with Gasteiger partial charge in [-0.1, -0.05) is 0 Å². The van der Waals surface area contributed by atoms with Crippen LogP contribution in [0.5, 0.6) is 11.5 Å². The molecule has 1 aliphatic heterocycles. The van der Waals surface area contributed by atoms with Crippen LogP contribution in [-0.2, 0) is 17.6 Å². The van der Waals surface area contributed by atoms with E-state index in [1.54, 1.807) is 54.7 Å². The van der Waals surface area contributed by atoms with Gasteiger partial charge in [-0.3, -0.25) is 4.79 Å². The summed E-state index contributed by atoms with van der Waals surface area (Å²) in [6.45, 7) is 0. The number of ether oxygens (including phenoxy) is 2. The van der Waals surface area contributed by atoms with Crippen molar-refractivity contribution in [3.63, 3.8) is 0 Å². The van der Waals surface area contributed by atoms with E-state index >= 15 is 0 Å². The van der Waals surface area contributed by atoms with E-state index in [1.165, 1.54) is 0 Å². The highest BCUT2D eigenvalue weighted by atomic mass is 32.2. The molecule has 2 aromatic rings. The number of carbonyl (C=O) groups excluding carboxylic acids is 1. The summed E-state index contributed by atoms with van der Waals surface area (Å²) in [5, 5.41) is 5.92. The van der Waals surface area contributed by atoms with E-state index in [1.807, 2.05) is 28.3 Å². The van der Waals surface area contributed by atoms with E-state index in [4.69, 9.17) is 9.47 Å². The molecule has 0 saturated carbocycles. The van der Waals surface area contributed by atoms with Crippen LogP contribution in [0.3, 0.4) is 0 Å². The minimum absolute atomic E-state index is 0.170. The van der Waals surface area contributed by atoms with Crippen LogP contribution in [0.4, 0.5) is 0 Å². The third-order valence-corrected chi connectivity index (χ3v) is 6.72. The standard InChI is InChI=1S/C16H16O3S3/c1-18-11-3-6-20-13(11)9-16(15(17)5-8-22-16)10-14-12(19-2)4-7-21-14/h3-8H,9-10H2,1-2H3. The van der Waals surface area contributed by atoms with Crippen LogP contribution in [-0.4, -0.2) is 24.7 Å². The summed E-state index contributed by atoms with van der Waals surface area (Å²) in [6, 6.07) is 3.91. The van der Waals surface area contributed by atoms with Crippen LogP contribution >= 0.6 is 34.4 Å². The molecule has 0 radical (unpaired) electrons. The lowest BCUT2D eigenvalue weighted by Gasteiger charge is -2.26. The number of hydrogen-bond acceptors (Lipinski definition) is 6. The summed E-state index contributed by atoms with van der Waals surface area (Å²) in [5.41, 5.74) is 0. The first-order valence-electron chi connectivity index (χ1n) is 6.78. The third kappa shape index (κ3) is 2.83. The Morgan fingerprint density at radius 3 is 1.95 bits per heavy atom. The predicted molar refractivity (Wildman–Crippen MR) is 93.6 cm³/mol. The molecule has 0 spiro atoms. The van der Waals surface area contributed by atoms with Gasteiger partial charge in [0.05, 0.1) is 19.0 Å². The van der Waals surface area contributed by atoms with Crippen molar-refractivity contribution < 1.29 is 14.3 Å². The third-order valence-electron chi connectivity index (χ3n) is 3.70. The molecule has 0 saturated heterocycles. The van der Waals surface area contributed by atoms with Gasteiger partial charge in [0.1, 0.15) is 11.5 Å². The average molecular weight is 353 g/mol. The van der Waals surface area contributed by atoms with Crippen molar-refractivity contribution >= 4 is 40.2 Å². The van der Waals surface area contributed by atoms with E-state index in [0.717, 1.165) is 21.3 Å². The highest BCUT2D eigenvalue weighted by Gasteiger charge is 2.42. The minimum atomic E-state index is -0.490. The Kier molecular flexibility index (Phi) is 4.61. The molecule has 6 heteroatoms. The number of hydrogen-bond donors (Lipinski definition) is 0. The number of allylic oxidation sites excluding steroid dienone is 1. The fraction of sp³-hybridized carbons (Fsp3) is 0.312. The Hall–Kier alpha value is -1.24. The molecular weight excluding hydrogens is 336 g/mol. The molecule has 116 valence electrons. The monoisotopic (exact) mass is 352 g/mol. The summed E-state index contributed by atoms with van der Waals surface area (Å²) < 4.78 is 10.3. The molecule has 1 aliphatic rings. The van der Waals surface area contributed by atoms with E-state index in [2.05, 4.69) is 0 Å². The molecule has 3 heterocycles. The van der Waals surface area contributed by atoms with Crippen molar-refractivity contribution in [3.05, 3.63) is 44.1 Å². The minimum Gasteiger partial charge on any atom is -0.496 e. The number of ketones is 1. The van der Waals surface area contributed by atoms with Crippen molar-refractivity contribution in [1.29, 1.82) is 0 Å². The molecule has 0 amide bonds. The average Bonchev–Trinajstić information content (AvgIpc) is 3.22. The Bertz CT molecular complexity index is 655. The van der Waals surface area contributed by atoms with E-state index in [0.29, 0.717) is 12.8 Å². The second kappa shape index (κ2) is 6.48. The van der Waals surface area contributed by atoms with Gasteiger partial charge in [0.25, 0.3) is 0 Å². The van der Waals surface area contributed by atoms with Gasteiger partial charge >= 0.3 is 0 Å². The molecule has 3 nitrogen and oxygen atoms in total. The summed E-state index contributed by atoms with van der Waals surface area (Å²) in [7, 11) is 3.34. The summed E-state index contributed by atoms with van der Waals surface area (Å²) >= 11 is 4.88. The first kappa shape index (κ1) is 15.6. The first-order chi connectivity index (χ1) is 10.7. The smallest absolute Gasteiger partial charge is 0.173 e. The van der Waals surface area contributed by atoms with Gasteiger partial charge in [-0.25, -0.2) is 0 Å². The van der Waals surface area contributed by atoms with Crippen molar-refractivity contribution in [2.24, 2.45) is 0 Å². The molecule has 22 heavy (non-hydrogen) atoms. The van der Waals surface area contributed by atoms with Crippen LogP contribution in [0.15, 0.2) is 34.4 Å². The molecule has 0 fully saturated rings. The molecule has 0 atom stereocenters. The zero-order valence-corrected chi connectivity index (χ0v) is 14.8. The lowest BCUT2D eigenvalue weighted by Crippen LogP contribution is -2.36. The Morgan fingerprint density at radius 1 is 1.00 bits per heavy atom. The Balaban J connectivity index is 1.91. The molecular formula is C16H16O3S3. The van der Waals surface area contributed by atoms with Crippen LogP contribution in [0.2, 0.25) is 0 Å². The summed E-state index contributed by atoms with van der Waals surface area (Å²) in [5.74, 6) is 1.90. The maximum absolute atomic E-state index is 12.6. The van der Waals surface area contributed by atoms with Crippen LogP contribution in [0, 0.1) is 0 Å². The second-order valence-corrected chi connectivity index (χ2v) is 8.25. The quantitative estimate of drug-likeness (QED) is 0.781.